The predicted octanol–water partition coefficient (Wildman–Crippen LogP) is 2.73. The molecule has 2 bridgehead atoms. The van der Waals surface area contributed by atoms with E-state index in [0.717, 1.165) is 25.7 Å². The van der Waals surface area contributed by atoms with Gasteiger partial charge in [0.1, 0.15) is 5.60 Å². The van der Waals surface area contributed by atoms with Crippen molar-refractivity contribution in [3.8, 4) is 0 Å². The highest BCUT2D eigenvalue weighted by Crippen LogP contribution is 2.35. The molecule has 2 aliphatic heterocycles. The molecule has 0 radical (unpaired) electrons. The highest BCUT2D eigenvalue weighted by atomic mass is 16.6. The minimum atomic E-state index is -0.426. The molecular formula is C17H30N2O3. The highest BCUT2D eigenvalue weighted by Gasteiger charge is 2.41. The molecule has 0 aromatic heterocycles. The number of nitrogens with one attached hydrogen (secondary N) is 2. The highest BCUT2D eigenvalue weighted by molar-refractivity contribution is 5.68. The smallest absolute Gasteiger partial charge is 0.407 e. The Morgan fingerprint density at radius 2 is 1.73 bits per heavy atom. The summed E-state index contributed by atoms with van der Waals surface area (Å²) in [4.78, 5) is 11.8. The zero-order valence-corrected chi connectivity index (χ0v) is 14.1. The number of rotatable bonds is 3. The zero-order valence-electron chi connectivity index (χ0n) is 14.1. The fraction of sp³-hybridized carbons (Fsp3) is 0.941. The lowest BCUT2D eigenvalue weighted by Gasteiger charge is -2.33. The summed E-state index contributed by atoms with van der Waals surface area (Å²) in [6.07, 6.45) is 8.61. The first kappa shape index (κ1) is 16.1. The van der Waals surface area contributed by atoms with Crippen molar-refractivity contribution in [2.24, 2.45) is 0 Å². The van der Waals surface area contributed by atoms with Gasteiger partial charge in [0, 0.05) is 18.1 Å². The van der Waals surface area contributed by atoms with Crippen LogP contribution in [0.4, 0.5) is 4.79 Å². The van der Waals surface area contributed by atoms with Crippen LogP contribution in [0.1, 0.15) is 65.7 Å². The van der Waals surface area contributed by atoms with E-state index in [-0.39, 0.29) is 12.1 Å². The van der Waals surface area contributed by atoms with Gasteiger partial charge in [-0.25, -0.2) is 4.79 Å². The Kier molecular flexibility index (Phi) is 4.64. The van der Waals surface area contributed by atoms with Crippen molar-refractivity contribution >= 4 is 6.09 Å². The fourth-order valence-corrected chi connectivity index (χ4v) is 3.99. The van der Waals surface area contributed by atoms with Crippen molar-refractivity contribution in [3.63, 3.8) is 0 Å². The number of carbonyl (C=O) groups is 1. The first-order chi connectivity index (χ1) is 10.4. The lowest BCUT2D eigenvalue weighted by atomic mass is 9.88. The third-order valence-electron chi connectivity index (χ3n) is 5.00. The van der Waals surface area contributed by atoms with Gasteiger partial charge in [-0.2, -0.15) is 0 Å². The van der Waals surface area contributed by atoms with Gasteiger partial charge in [-0.15, -0.1) is 0 Å². The first-order valence-corrected chi connectivity index (χ1v) is 8.80. The molecule has 3 atom stereocenters. The van der Waals surface area contributed by atoms with E-state index in [9.17, 15) is 4.79 Å². The van der Waals surface area contributed by atoms with Crippen molar-refractivity contribution in [2.45, 2.75) is 102 Å². The molecule has 3 fully saturated rings. The molecule has 2 saturated heterocycles. The lowest BCUT2D eigenvalue weighted by Crippen LogP contribution is -2.48. The Bertz CT molecular complexity index is 399. The monoisotopic (exact) mass is 310 g/mol. The first-order valence-electron chi connectivity index (χ1n) is 8.80. The van der Waals surface area contributed by atoms with Crippen LogP contribution in [0.2, 0.25) is 0 Å². The number of carbonyl (C=O) groups excluding carboxylic acids is 1. The van der Waals surface area contributed by atoms with Gasteiger partial charge in [0.2, 0.25) is 0 Å². The maximum Gasteiger partial charge on any atom is 0.407 e. The minimum absolute atomic E-state index is 0.254. The van der Waals surface area contributed by atoms with Crippen molar-refractivity contribution in [3.05, 3.63) is 0 Å². The SMILES string of the molecule is CC(C)(C)OC(=O)NC1CCC(NC2CC3CCC2O3)CC1. The van der Waals surface area contributed by atoms with Crippen LogP contribution in [0.5, 0.6) is 0 Å². The number of amides is 1. The Hall–Kier alpha value is -0.810. The Balaban J connectivity index is 1.36. The molecule has 3 unspecified atom stereocenters. The number of ether oxygens (including phenoxy) is 2. The van der Waals surface area contributed by atoms with Crippen molar-refractivity contribution < 1.29 is 14.3 Å². The molecule has 3 rings (SSSR count). The maximum atomic E-state index is 11.8. The second kappa shape index (κ2) is 6.36. The molecule has 0 aromatic carbocycles. The van der Waals surface area contributed by atoms with Gasteiger partial charge < -0.3 is 20.1 Å². The summed E-state index contributed by atoms with van der Waals surface area (Å²) in [7, 11) is 0. The van der Waals surface area contributed by atoms with E-state index in [1.807, 2.05) is 20.8 Å². The van der Waals surface area contributed by atoms with E-state index in [1.165, 1.54) is 19.3 Å². The van der Waals surface area contributed by atoms with Crippen molar-refractivity contribution in [1.29, 1.82) is 0 Å². The molecule has 5 heteroatoms. The summed E-state index contributed by atoms with van der Waals surface area (Å²) in [6, 6.07) is 1.38. The summed E-state index contributed by atoms with van der Waals surface area (Å²) < 4.78 is 11.2. The lowest BCUT2D eigenvalue weighted by molar-refractivity contribution is 0.0488. The minimum Gasteiger partial charge on any atom is -0.444 e. The summed E-state index contributed by atoms with van der Waals surface area (Å²) in [5.41, 5.74) is -0.426. The van der Waals surface area contributed by atoms with Crippen LogP contribution >= 0.6 is 0 Å². The van der Waals surface area contributed by atoms with E-state index >= 15 is 0 Å². The van der Waals surface area contributed by atoms with Gasteiger partial charge in [0.05, 0.1) is 12.2 Å². The summed E-state index contributed by atoms with van der Waals surface area (Å²) in [5, 5.41) is 6.80. The summed E-state index contributed by atoms with van der Waals surface area (Å²) >= 11 is 0. The predicted molar refractivity (Wildman–Crippen MR) is 84.8 cm³/mol. The largest absolute Gasteiger partial charge is 0.444 e. The molecular weight excluding hydrogens is 280 g/mol. The topological polar surface area (TPSA) is 59.6 Å². The number of fused-ring (bicyclic) bond motifs is 2. The quantitative estimate of drug-likeness (QED) is 0.841. The molecule has 3 aliphatic rings. The van der Waals surface area contributed by atoms with Gasteiger partial charge >= 0.3 is 6.09 Å². The molecule has 1 saturated carbocycles. The Morgan fingerprint density at radius 1 is 1.05 bits per heavy atom. The molecule has 22 heavy (non-hydrogen) atoms. The molecule has 2 N–H and O–H groups in total. The van der Waals surface area contributed by atoms with Crippen LogP contribution in [-0.2, 0) is 9.47 Å². The molecule has 0 spiro atoms. The standard InChI is InChI=1S/C17H30N2O3/c1-17(2,3)22-16(20)19-12-6-4-11(5-7-12)18-14-10-13-8-9-15(14)21-13/h11-15,18H,4-10H2,1-3H3,(H,19,20). The van der Waals surface area contributed by atoms with Crippen molar-refractivity contribution in [2.75, 3.05) is 0 Å². The number of hydrogen-bond acceptors (Lipinski definition) is 4. The van der Waals surface area contributed by atoms with Gasteiger partial charge in [0.25, 0.3) is 0 Å². The number of alkyl carbamates (subject to hydrolysis) is 1. The third kappa shape index (κ3) is 4.13. The average molecular weight is 310 g/mol. The second-order valence-electron chi connectivity index (χ2n) is 8.08. The van der Waals surface area contributed by atoms with Gasteiger partial charge in [-0.3, -0.25) is 0 Å². The average Bonchev–Trinajstić information content (AvgIpc) is 3.01. The van der Waals surface area contributed by atoms with Crippen LogP contribution in [0.25, 0.3) is 0 Å². The van der Waals surface area contributed by atoms with Crippen LogP contribution in [0, 0.1) is 0 Å². The van der Waals surface area contributed by atoms with E-state index in [2.05, 4.69) is 10.6 Å². The normalized spacial score (nSPS) is 38.0. The molecule has 1 amide bonds. The fourth-order valence-electron chi connectivity index (χ4n) is 3.99. The molecule has 2 heterocycles. The maximum absolute atomic E-state index is 11.8. The second-order valence-corrected chi connectivity index (χ2v) is 8.08. The van der Waals surface area contributed by atoms with E-state index in [0.29, 0.717) is 24.3 Å². The molecule has 0 aromatic rings. The molecule has 1 aliphatic carbocycles. The van der Waals surface area contributed by atoms with E-state index in [4.69, 9.17) is 9.47 Å². The Morgan fingerprint density at radius 3 is 2.27 bits per heavy atom. The van der Waals surface area contributed by atoms with Crippen LogP contribution in [0.15, 0.2) is 0 Å². The van der Waals surface area contributed by atoms with E-state index in [1.54, 1.807) is 0 Å². The van der Waals surface area contributed by atoms with Gasteiger partial charge in [0.15, 0.2) is 0 Å². The van der Waals surface area contributed by atoms with Gasteiger partial charge in [-0.1, -0.05) is 0 Å². The third-order valence-corrected chi connectivity index (χ3v) is 5.00. The summed E-state index contributed by atoms with van der Waals surface area (Å²) in [6.45, 7) is 5.68. The number of hydrogen-bond donors (Lipinski definition) is 2. The van der Waals surface area contributed by atoms with E-state index < -0.39 is 5.60 Å². The zero-order chi connectivity index (χ0) is 15.7. The Labute approximate surface area is 133 Å². The van der Waals surface area contributed by atoms with Crippen LogP contribution in [0.3, 0.4) is 0 Å². The van der Waals surface area contributed by atoms with Gasteiger partial charge in [-0.05, 0) is 65.7 Å². The van der Waals surface area contributed by atoms with Crippen LogP contribution < -0.4 is 10.6 Å². The summed E-state index contributed by atoms with van der Waals surface area (Å²) in [5.74, 6) is 0. The molecule has 5 nitrogen and oxygen atoms in total. The van der Waals surface area contributed by atoms with Crippen LogP contribution in [-0.4, -0.2) is 42.0 Å². The van der Waals surface area contributed by atoms with Crippen molar-refractivity contribution in [1.82, 2.24) is 10.6 Å². The molecule has 126 valence electrons.